The zero-order valence-corrected chi connectivity index (χ0v) is 12.3. The van der Waals surface area contributed by atoms with Crippen molar-refractivity contribution >= 4 is 28.2 Å². The Hall–Kier alpha value is -1.32. The van der Waals surface area contributed by atoms with Gasteiger partial charge in [-0.3, -0.25) is 0 Å². The van der Waals surface area contributed by atoms with Gasteiger partial charge < -0.3 is 10.1 Å². The number of methoxy groups -OCH3 is 1. The number of aromatic nitrogens is 1. The molecule has 2 aromatic rings. The fourth-order valence-electron chi connectivity index (χ4n) is 2.10. The van der Waals surface area contributed by atoms with Gasteiger partial charge in [-0.1, -0.05) is 18.5 Å². The maximum Gasteiger partial charge on any atom is 0.0913 e. The van der Waals surface area contributed by atoms with Crippen molar-refractivity contribution in [1.82, 2.24) is 4.98 Å². The van der Waals surface area contributed by atoms with Crippen LogP contribution in [0.4, 0.5) is 5.69 Å². The van der Waals surface area contributed by atoms with Crippen LogP contribution in [-0.2, 0) is 11.3 Å². The molecule has 1 heterocycles. The summed E-state index contributed by atoms with van der Waals surface area (Å²) in [6, 6.07) is 6.09. The molecule has 0 fully saturated rings. The van der Waals surface area contributed by atoms with E-state index in [1.807, 2.05) is 19.1 Å². The van der Waals surface area contributed by atoms with Gasteiger partial charge in [-0.25, -0.2) is 4.98 Å². The number of hydrogen-bond acceptors (Lipinski definition) is 3. The lowest BCUT2D eigenvalue weighted by atomic mass is 10.1. The van der Waals surface area contributed by atoms with Crippen LogP contribution in [0.25, 0.3) is 10.9 Å². The van der Waals surface area contributed by atoms with Crippen LogP contribution in [0.2, 0.25) is 5.02 Å². The summed E-state index contributed by atoms with van der Waals surface area (Å²) < 4.78 is 5.17. The second-order valence-corrected chi connectivity index (χ2v) is 5.07. The Labute approximate surface area is 118 Å². The molecule has 102 valence electrons. The van der Waals surface area contributed by atoms with Gasteiger partial charge in [-0.2, -0.15) is 0 Å². The molecule has 3 nitrogen and oxygen atoms in total. The number of nitrogens with zero attached hydrogens (tertiary/aromatic N) is 1. The van der Waals surface area contributed by atoms with Gasteiger partial charge in [0.1, 0.15) is 0 Å². The number of rotatable bonds is 5. The third-order valence-corrected chi connectivity index (χ3v) is 3.21. The average molecular weight is 279 g/mol. The van der Waals surface area contributed by atoms with Crippen LogP contribution in [0.15, 0.2) is 18.2 Å². The minimum Gasteiger partial charge on any atom is -0.384 e. The molecule has 0 aliphatic heterocycles. The van der Waals surface area contributed by atoms with E-state index in [1.54, 1.807) is 7.11 Å². The van der Waals surface area contributed by atoms with Gasteiger partial charge in [0, 0.05) is 24.7 Å². The number of fused-ring (bicyclic) bond motifs is 1. The molecule has 4 heteroatoms. The van der Waals surface area contributed by atoms with Gasteiger partial charge in [0.05, 0.1) is 22.8 Å². The molecule has 19 heavy (non-hydrogen) atoms. The van der Waals surface area contributed by atoms with Crippen LogP contribution < -0.4 is 5.32 Å². The quantitative estimate of drug-likeness (QED) is 0.891. The first-order valence-corrected chi connectivity index (χ1v) is 6.86. The number of ether oxygens (including phenoxy) is 1. The van der Waals surface area contributed by atoms with Gasteiger partial charge in [0.2, 0.25) is 0 Å². The van der Waals surface area contributed by atoms with Crippen LogP contribution in [0.1, 0.15) is 24.6 Å². The molecule has 1 N–H and O–H groups in total. The molecule has 1 aromatic heterocycles. The summed E-state index contributed by atoms with van der Waals surface area (Å²) in [5.74, 6) is 0. The summed E-state index contributed by atoms with van der Waals surface area (Å²) in [6.45, 7) is 5.60. The van der Waals surface area contributed by atoms with Crippen molar-refractivity contribution in [2.24, 2.45) is 0 Å². The van der Waals surface area contributed by atoms with Crippen molar-refractivity contribution in [1.29, 1.82) is 0 Å². The number of halogens is 1. The predicted octanol–water partition coefficient (Wildman–Crippen LogP) is 4.16. The van der Waals surface area contributed by atoms with E-state index in [2.05, 4.69) is 23.3 Å². The highest BCUT2D eigenvalue weighted by atomic mass is 35.5. The Balaban J connectivity index is 2.60. The van der Waals surface area contributed by atoms with E-state index < -0.39 is 0 Å². The number of pyridine rings is 1. The van der Waals surface area contributed by atoms with Crippen molar-refractivity contribution in [3.05, 3.63) is 34.5 Å². The minimum absolute atomic E-state index is 0.487. The first kappa shape index (κ1) is 14.1. The minimum atomic E-state index is 0.487. The summed E-state index contributed by atoms with van der Waals surface area (Å²) in [7, 11) is 1.67. The maximum absolute atomic E-state index is 6.31. The fourth-order valence-corrected chi connectivity index (χ4v) is 2.42. The lowest BCUT2D eigenvalue weighted by molar-refractivity contribution is 0.182. The second-order valence-electron chi connectivity index (χ2n) is 4.66. The van der Waals surface area contributed by atoms with Crippen molar-refractivity contribution in [2.45, 2.75) is 26.9 Å². The van der Waals surface area contributed by atoms with Crippen LogP contribution in [0.5, 0.6) is 0 Å². The smallest absolute Gasteiger partial charge is 0.0913 e. The second kappa shape index (κ2) is 6.22. The van der Waals surface area contributed by atoms with Gasteiger partial charge in [0.25, 0.3) is 0 Å². The van der Waals surface area contributed by atoms with Crippen molar-refractivity contribution in [3.63, 3.8) is 0 Å². The first-order valence-electron chi connectivity index (χ1n) is 6.48. The topological polar surface area (TPSA) is 34.1 Å². The highest BCUT2D eigenvalue weighted by molar-refractivity contribution is 6.35. The first-order chi connectivity index (χ1) is 9.15. The largest absolute Gasteiger partial charge is 0.384 e. The molecule has 0 saturated carbocycles. The number of nitrogens with one attached hydrogen (secondary N) is 1. The van der Waals surface area contributed by atoms with Crippen molar-refractivity contribution < 1.29 is 4.74 Å². The third-order valence-electron chi connectivity index (χ3n) is 2.92. The molecular weight excluding hydrogens is 260 g/mol. The Morgan fingerprint density at radius 1 is 1.32 bits per heavy atom. The standard InChI is InChI=1S/C15H19ClN2O/c1-4-5-17-14-8-11(9-19-3)18-15-12(14)6-10(2)7-13(15)16/h6-8H,4-5,9H2,1-3H3,(H,17,18). The van der Waals surface area contributed by atoms with Crippen LogP contribution in [-0.4, -0.2) is 18.6 Å². The SMILES string of the molecule is CCCNc1cc(COC)nc2c(Cl)cc(C)cc12. The molecule has 2 rings (SSSR count). The molecule has 0 aliphatic carbocycles. The van der Waals surface area contributed by atoms with E-state index in [1.165, 1.54) is 0 Å². The summed E-state index contributed by atoms with van der Waals surface area (Å²) in [6.07, 6.45) is 1.07. The normalized spacial score (nSPS) is 10.9. The Kier molecular flexibility index (Phi) is 4.61. The maximum atomic E-state index is 6.31. The molecule has 0 aliphatic rings. The van der Waals surface area contributed by atoms with Gasteiger partial charge in [-0.05, 0) is 37.1 Å². The lowest BCUT2D eigenvalue weighted by Crippen LogP contribution is -2.03. The van der Waals surface area contributed by atoms with Crippen molar-refractivity contribution in [2.75, 3.05) is 19.0 Å². The number of hydrogen-bond donors (Lipinski definition) is 1. The number of anilines is 1. The van der Waals surface area contributed by atoms with E-state index in [-0.39, 0.29) is 0 Å². The Morgan fingerprint density at radius 2 is 2.11 bits per heavy atom. The molecule has 0 atom stereocenters. The molecule has 0 bridgehead atoms. The molecule has 0 spiro atoms. The Bertz CT molecular complexity index is 584. The van der Waals surface area contributed by atoms with E-state index in [9.17, 15) is 0 Å². The zero-order chi connectivity index (χ0) is 13.8. The van der Waals surface area contributed by atoms with Crippen molar-refractivity contribution in [3.8, 4) is 0 Å². The highest BCUT2D eigenvalue weighted by Crippen LogP contribution is 2.30. The zero-order valence-electron chi connectivity index (χ0n) is 11.6. The monoisotopic (exact) mass is 278 g/mol. The van der Waals surface area contributed by atoms with Gasteiger partial charge >= 0.3 is 0 Å². The summed E-state index contributed by atoms with van der Waals surface area (Å²) in [5.41, 5.74) is 3.93. The third kappa shape index (κ3) is 3.17. The van der Waals surface area contributed by atoms with Crippen LogP contribution >= 0.6 is 11.6 Å². The molecular formula is C15H19ClN2O. The van der Waals surface area contributed by atoms with E-state index in [0.717, 1.165) is 40.8 Å². The van der Waals surface area contributed by atoms with E-state index in [4.69, 9.17) is 16.3 Å². The highest BCUT2D eigenvalue weighted by Gasteiger charge is 2.09. The summed E-state index contributed by atoms with van der Waals surface area (Å²) in [5, 5.41) is 5.19. The molecule has 0 amide bonds. The number of aryl methyl sites for hydroxylation is 1. The lowest BCUT2D eigenvalue weighted by Gasteiger charge is -2.12. The Morgan fingerprint density at radius 3 is 2.79 bits per heavy atom. The summed E-state index contributed by atoms with van der Waals surface area (Å²) in [4.78, 5) is 4.58. The van der Waals surface area contributed by atoms with Gasteiger partial charge in [0.15, 0.2) is 0 Å². The van der Waals surface area contributed by atoms with Crippen LogP contribution in [0, 0.1) is 6.92 Å². The summed E-state index contributed by atoms with van der Waals surface area (Å²) >= 11 is 6.31. The number of benzene rings is 1. The van der Waals surface area contributed by atoms with E-state index in [0.29, 0.717) is 11.6 Å². The van der Waals surface area contributed by atoms with E-state index >= 15 is 0 Å². The molecule has 0 saturated heterocycles. The average Bonchev–Trinajstić information content (AvgIpc) is 2.37. The molecule has 1 aromatic carbocycles. The molecule has 0 unspecified atom stereocenters. The molecule has 0 radical (unpaired) electrons. The van der Waals surface area contributed by atoms with Gasteiger partial charge in [-0.15, -0.1) is 0 Å². The fraction of sp³-hybridized carbons (Fsp3) is 0.400. The predicted molar refractivity (Wildman–Crippen MR) is 81.0 cm³/mol. The van der Waals surface area contributed by atoms with Crippen LogP contribution in [0.3, 0.4) is 0 Å².